The van der Waals surface area contributed by atoms with Crippen molar-refractivity contribution in [2.45, 2.75) is 0 Å². The zero-order valence-corrected chi connectivity index (χ0v) is 52.2. The third-order valence-corrected chi connectivity index (χ3v) is 18.7. The monoisotopic (exact) mass is 1290 g/mol. The minimum atomic E-state index is -1.50. The number of fused-ring (bicyclic) bond motifs is 12. The zero-order valence-electron chi connectivity index (χ0n) is 49.0. The van der Waals surface area contributed by atoms with Crippen molar-refractivity contribution in [3.63, 3.8) is 0 Å². The molecule has 0 saturated heterocycles. The Hall–Kier alpha value is -10.4. The van der Waals surface area contributed by atoms with E-state index in [0.717, 1.165) is 85.5 Å². The first-order valence-corrected chi connectivity index (χ1v) is 32.0. The van der Waals surface area contributed by atoms with Crippen LogP contribution < -0.4 is 5.46 Å². The maximum atomic E-state index is 9.94. The summed E-state index contributed by atoms with van der Waals surface area (Å²) in [5.74, 6) is 0. The van der Waals surface area contributed by atoms with Crippen molar-refractivity contribution in [1.82, 2.24) is 0 Å². The van der Waals surface area contributed by atoms with Gasteiger partial charge in [0.15, 0.2) is 0 Å². The van der Waals surface area contributed by atoms with Crippen molar-refractivity contribution in [3.8, 4) is 55.6 Å². The van der Waals surface area contributed by atoms with Gasteiger partial charge in [-0.2, -0.15) is 0 Å². The molecule has 0 aliphatic heterocycles. The van der Waals surface area contributed by atoms with Gasteiger partial charge in [-0.1, -0.05) is 281 Å². The van der Waals surface area contributed by atoms with Gasteiger partial charge >= 0.3 is 7.12 Å². The normalized spacial score (nSPS) is 11.5. The Kier molecular flexibility index (Phi) is 14.5. The van der Waals surface area contributed by atoms with Crippen LogP contribution in [0.3, 0.4) is 0 Å². The molecule has 0 aliphatic rings. The maximum Gasteiger partial charge on any atom is 0.489 e. The lowest BCUT2D eigenvalue weighted by molar-refractivity contribution is 0.426. The number of halogens is 2. The molecule has 2 heterocycles. The van der Waals surface area contributed by atoms with E-state index < -0.39 is 7.12 Å². The zero-order chi connectivity index (χ0) is 61.1. The largest absolute Gasteiger partial charge is 0.489 e. The number of hydrogen-bond donors (Lipinski definition) is 2. The van der Waals surface area contributed by atoms with Crippen LogP contribution in [0.1, 0.15) is 0 Å². The van der Waals surface area contributed by atoms with Crippen LogP contribution in [0.5, 0.6) is 0 Å². The lowest BCUT2D eigenvalue weighted by atomic mass is 9.72. The van der Waals surface area contributed by atoms with Gasteiger partial charge in [-0.15, -0.1) is 0 Å². The van der Waals surface area contributed by atoms with Gasteiger partial charge in [0.2, 0.25) is 0 Å². The molecule has 2 N–H and O–H groups in total. The molecule has 0 fully saturated rings. The quantitative estimate of drug-likeness (QED) is 0.129. The lowest BCUT2D eigenvalue weighted by Gasteiger charge is -2.18. The molecule has 91 heavy (non-hydrogen) atoms. The number of hydrogen-bond acceptors (Lipinski definition) is 4. The minimum absolute atomic E-state index is 0.566. The van der Waals surface area contributed by atoms with Gasteiger partial charge < -0.3 is 18.9 Å². The van der Waals surface area contributed by atoms with E-state index in [1.807, 2.05) is 91.0 Å². The highest BCUT2D eigenvalue weighted by Crippen LogP contribution is 2.48. The van der Waals surface area contributed by atoms with Crippen LogP contribution in [0.2, 0.25) is 0 Å². The van der Waals surface area contributed by atoms with Crippen molar-refractivity contribution < 1.29 is 18.9 Å². The average Bonchev–Trinajstić information content (AvgIpc) is 0.840. The van der Waals surface area contributed by atoms with Gasteiger partial charge in [0.05, 0.1) is 0 Å². The molecular formula is C84H53BBr2O4. The van der Waals surface area contributed by atoms with Gasteiger partial charge in [0.1, 0.15) is 22.3 Å². The van der Waals surface area contributed by atoms with Crippen LogP contribution >= 0.6 is 31.9 Å². The number of rotatable bonds is 6. The molecule has 430 valence electrons. The van der Waals surface area contributed by atoms with Crippen molar-refractivity contribution in [2.75, 3.05) is 0 Å². The van der Waals surface area contributed by atoms with E-state index in [1.165, 1.54) is 87.6 Å². The molecule has 0 amide bonds. The van der Waals surface area contributed by atoms with Crippen LogP contribution in [-0.2, 0) is 0 Å². The molecule has 0 atom stereocenters. The van der Waals surface area contributed by atoms with E-state index in [4.69, 9.17) is 8.83 Å². The van der Waals surface area contributed by atoms with Crippen molar-refractivity contribution in [3.05, 3.63) is 318 Å². The Morgan fingerprint density at radius 1 is 0.209 bits per heavy atom. The minimum Gasteiger partial charge on any atom is -0.456 e. The van der Waals surface area contributed by atoms with E-state index in [1.54, 1.807) is 0 Å². The highest BCUT2D eigenvalue weighted by atomic mass is 79.9. The molecule has 18 aromatic rings. The summed E-state index contributed by atoms with van der Waals surface area (Å²) in [4.78, 5) is 0. The first kappa shape index (κ1) is 55.9. The topological polar surface area (TPSA) is 66.7 Å². The molecule has 0 radical (unpaired) electrons. The SMILES string of the molecule is Brc1ccc2oc3ccc(Br)cc3c2c1.OB(O)c1c2ccccc2c(-c2ccccc2)c2ccccc12.c1ccc(-c2c3ccccc3c(-c3ccc4oc5ccc(-c6c7ccccc7c(-c7ccccc7)c7ccccc67)cc5c4c3)c3ccccc23)cc1. The molecule has 16 aromatic carbocycles. The second kappa shape index (κ2) is 23.5. The van der Waals surface area contributed by atoms with Crippen LogP contribution in [0.15, 0.2) is 327 Å². The van der Waals surface area contributed by atoms with Gasteiger partial charge in [0.25, 0.3) is 0 Å². The molecule has 0 saturated carbocycles. The van der Waals surface area contributed by atoms with Gasteiger partial charge in [0, 0.05) is 30.5 Å². The van der Waals surface area contributed by atoms with Gasteiger partial charge in [-0.25, -0.2) is 0 Å². The molecule has 7 heteroatoms. The molecule has 0 spiro atoms. The summed E-state index contributed by atoms with van der Waals surface area (Å²) in [7, 11) is -1.50. The fourth-order valence-corrected chi connectivity index (χ4v) is 14.6. The second-order valence-corrected chi connectivity index (χ2v) is 24.8. The van der Waals surface area contributed by atoms with Crippen LogP contribution in [0.25, 0.3) is 164 Å². The van der Waals surface area contributed by atoms with Crippen LogP contribution in [-0.4, -0.2) is 17.2 Å². The third-order valence-electron chi connectivity index (χ3n) is 17.7. The Morgan fingerprint density at radius 3 is 0.703 bits per heavy atom. The summed E-state index contributed by atoms with van der Waals surface area (Å²) in [6, 6.07) is 109. The second-order valence-electron chi connectivity index (χ2n) is 22.9. The average molecular weight is 1300 g/mol. The van der Waals surface area contributed by atoms with Crippen LogP contribution in [0.4, 0.5) is 0 Å². The molecule has 0 aliphatic carbocycles. The first-order chi connectivity index (χ1) is 44.8. The lowest BCUT2D eigenvalue weighted by Crippen LogP contribution is -2.31. The van der Waals surface area contributed by atoms with Crippen molar-refractivity contribution >= 4 is 153 Å². The Labute approximate surface area is 541 Å². The Balaban J connectivity index is 0.000000141. The number of furan rings is 2. The van der Waals surface area contributed by atoms with Gasteiger partial charge in [-0.05, 0) is 186 Å². The fraction of sp³-hybridized carbons (Fsp3) is 0. The molecular weight excluding hydrogens is 1240 g/mol. The predicted octanol–water partition coefficient (Wildman–Crippen LogP) is 23.3. The van der Waals surface area contributed by atoms with E-state index >= 15 is 0 Å². The standard InChI is InChI=1S/C52H32O.C20H15BO2.C12H6Br2O/c1-3-15-33(16-4-1)49-37-19-7-11-23-41(37)51(42-24-12-8-20-38(42)49)35-27-29-47-45(31-35)46-32-36(28-30-48(46)53-47)52-43-25-13-9-21-39(43)50(34-17-5-2-6-18-34)40-22-10-14-26-44(40)52;22-21(23)20-17-12-6-4-10-15(17)19(14-8-2-1-3-9-14)16-11-5-7-13-18(16)20;13-7-1-3-11-9(5-7)10-6-8(14)2-4-12(10)15-11/h1-32H;1-13,22-23H;1-6H. The predicted molar refractivity (Wildman–Crippen MR) is 391 cm³/mol. The summed E-state index contributed by atoms with van der Waals surface area (Å²) >= 11 is 6.94. The summed E-state index contributed by atoms with van der Waals surface area (Å²) in [6.45, 7) is 0. The molecule has 2 aromatic heterocycles. The third kappa shape index (κ3) is 9.95. The fourth-order valence-electron chi connectivity index (χ4n) is 13.9. The highest BCUT2D eigenvalue weighted by Gasteiger charge is 2.24. The summed E-state index contributed by atoms with van der Waals surface area (Å²) < 4.78 is 14.4. The van der Waals surface area contributed by atoms with E-state index in [9.17, 15) is 10.0 Å². The highest BCUT2D eigenvalue weighted by molar-refractivity contribution is 9.10. The summed E-state index contributed by atoms with van der Waals surface area (Å²) in [5.41, 5.74) is 16.3. The first-order valence-electron chi connectivity index (χ1n) is 30.4. The van der Waals surface area contributed by atoms with Crippen molar-refractivity contribution in [2.24, 2.45) is 0 Å². The number of benzene rings is 16. The van der Waals surface area contributed by atoms with Crippen molar-refractivity contribution in [1.29, 1.82) is 0 Å². The van der Waals surface area contributed by atoms with E-state index in [0.29, 0.717) is 5.46 Å². The Bertz CT molecular complexity index is 5400. The molecule has 4 nitrogen and oxygen atoms in total. The summed E-state index contributed by atoms with van der Waals surface area (Å²) in [6.07, 6.45) is 0. The Morgan fingerprint density at radius 2 is 0.429 bits per heavy atom. The van der Waals surface area contributed by atoms with Gasteiger partial charge in [-0.3, -0.25) is 0 Å². The van der Waals surface area contributed by atoms with Crippen LogP contribution in [0, 0.1) is 0 Å². The maximum absolute atomic E-state index is 9.94. The molecule has 18 rings (SSSR count). The molecule has 0 bridgehead atoms. The smallest absolute Gasteiger partial charge is 0.456 e. The van der Waals surface area contributed by atoms with E-state index in [2.05, 4.69) is 250 Å². The molecule has 0 unspecified atom stereocenters. The van der Waals surface area contributed by atoms with E-state index in [-0.39, 0.29) is 0 Å². The summed E-state index contributed by atoms with van der Waals surface area (Å²) in [5, 5.41) is 38.2.